The summed E-state index contributed by atoms with van der Waals surface area (Å²) in [7, 11) is 0. The van der Waals surface area contributed by atoms with Crippen molar-refractivity contribution >= 4 is 12.3 Å². The summed E-state index contributed by atoms with van der Waals surface area (Å²) in [5, 5.41) is 0. The molecule has 0 saturated carbocycles. The minimum absolute atomic E-state index is 0.0640. The molecule has 0 aromatic heterocycles. The maximum atomic E-state index is 10.7. The van der Waals surface area contributed by atoms with Crippen LogP contribution in [0, 0.1) is 5.92 Å². The summed E-state index contributed by atoms with van der Waals surface area (Å²) < 4.78 is 5.02. The van der Waals surface area contributed by atoms with Gasteiger partial charge in [0.25, 0.3) is 0 Å². The Morgan fingerprint density at radius 2 is 2.31 bits per heavy atom. The van der Waals surface area contributed by atoms with Gasteiger partial charge in [0.1, 0.15) is 12.4 Å². The number of aldehydes is 1. The number of carbonyl (C=O) groups is 2. The number of carbonyl (C=O) groups excluding carboxylic acids is 2. The average Bonchev–Trinajstić information content (AvgIpc) is 2.08. The number of hydrogen-bond acceptors (Lipinski definition) is 3. The van der Waals surface area contributed by atoms with Gasteiger partial charge >= 0.3 is 5.97 Å². The van der Waals surface area contributed by atoms with Crippen molar-refractivity contribution in [3.8, 4) is 0 Å². The van der Waals surface area contributed by atoms with E-state index in [0.717, 1.165) is 6.29 Å². The van der Waals surface area contributed by atoms with E-state index in [4.69, 9.17) is 4.74 Å². The third-order valence-corrected chi connectivity index (χ3v) is 1.94. The van der Waals surface area contributed by atoms with E-state index in [0.29, 0.717) is 5.57 Å². The van der Waals surface area contributed by atoms with Gasteiger partial charge in [-0.2, -0.15) is 0 Å². The molecule has 0 N–H and O–H groups in total. The molecule has 70 valence electrons. The van der Waals surface area contributed by atoms with Gasteiger partial charge in [-0.3, -0.25) is 9.59 Å². The molecule has 1 aliphatic carbocycles. The van der Waals surface area contributed by atoms with Crippen LogP contribution in [0.25, 0.3) is 0 Å². The van der Waals surface area contributed by atoms with E-state index >= 15 is 0 Å². The lowest BCUT2D eigenvalue weighted by molar-refractivity contribution is -0.146. The van der Waals surface area contributed by atoms with Gasteiger partial charge in [0, 0.05) is 18.4 Å². The van der Waals surface area contributed by atoms with Crippen molar-refractivity contribution in [1.29, 1.82) is 0 Å². The highest BCUT2D eigenvalue weighted by molar-refractivity contribution is 5.77. The Morgan fingerprint density at radius 3 is 2.85 bits per heavy atom. The predicted molar refractivity (Wildman–Crippen MR) is 48.0 cm³/mol. The maximum absolute atomic E-state index is 10.7. The lowest BCUT2D eigenvalue weighted by Gasteiger charge is -2.23. The summed E-state index contributed by atoms with van der Waals surface area (Å²) >= 11 is 0. The Labute approximate surface area is 77.1 Å². The Morgan fingerprint density at radius 1 is 1.62 bits per heavy atom. The zero-order valence-corrected chi connectivity index (χ0v) is 7.69. The Kier molecular flexibility index (Phi) is 3.01. The van der Waals surface area contributed by atoms with E-state index in [2.05, 4.69) is 0 Å². The monoisotopic (exact) mass is 180 g/mol. The molecule has 0 bridgehead atoms. The number of allylic oxidation sites excluding steroid dienone is 2. The quantitative estimate of drug-likeness (QED) is 0.474. The van der Waals surface area contributed by atoms with E-state index in [1.54, 1.807) is 12.2 Å². The standard InChI is InChI=1S/C10H12O3/c1-7-4-3-5-9(6-11)10(7)13-8(2)12/h3-7,10H,1-2H3. The van der Waals surface area contributed by atoms with Crippen LogP contribution in [0.5, 0.6) is 0 Å². The molecule has 0 spiro atoms. The molecule has 3 nitrogen and oxygen atoms in total. The second kappa shape index (κ2) is 4.03. The lowest BCUT2D eigenvalue weighted by atomic mass is 9.93. The first kappa shape index (κ1) is 9.71. The summed E-state index contributed by atoms with van der Waals surface area (Å²) in [5.74, 6) is -0.297. The fourth-order valence-electron chi connectivity index (χ4n) is 1.30. The Hall–Kier alpha value is -1.38. The fraction of sp³-hybridized carbons (Fsp3) is 0.400. The molecule has 2 unspecified atom stereocenters. The summed E-state index contributed by atoms with van der Waals surface area (Å²) in [5.41, 5.74) is 0.519. The molecule has 0 heterocycles. The fourth-order valence-corrected chi connectivity index (χ4v) is 1.30. The molecule has 3 heteroatoms. The van der Waals surface area contributed by atoms with E-state index in [-0.39, 0.29) is 11.9 Å². The van der Waals surface area contributed by atoms with Gasteiger partial charge < -0.3 is 4.74 Å². The molecule has 0 fully saturated rings. The van der Waals surface area contributed by atoms with Crippen molar-refractivity contribution in [2.75, 3.05) is 0 Å². The highest BCUT2D eigenvalue weighted by atomic mass is 16.5. The molecular weight excluding hydrogens is 168 g/mol. The zero-order valence-electron chi connectivity index (χ0n) is 7.69. The average molecular weight is 180 g/mol. The van der Waals surface area contributed by atoms with Crippen LogP contribution in [-0.4, -0.2) is 18.4 Å². The summed E-state index contributed by atoms with van der Waals surface area (Å²) in [6.45, 7) is 3.24. The number of ether oxygens (including phenoxy) is 1. The first-order valence-electron chi connectivity index (χ1n) is 4.16. The molecule has 13 heavy (non-hydrogen) atoms. The largest absolute Gasteiger partial charge is 0.457 e. The van der Waals surface area contributed by atoms with Gasteiger partial charge in [0.15, 0.2) is 0 Å². The van der Waals surface area contributed by atoms with Crippen LogP contribution in [0.1, 0.15) is 13.8 Å². The molecule has 1 rings (SSSR count). The van der Waals surface area contributed by atoms with Crippen LogP contribution in [0.15, 0.2) is 23.8 Å². The normalized spacial score (nSPS) is 26.5. The van der Waals surface area contributed by atoms with Crippen LogP contribution >= 0.6 is 0 Å². The summed E-state index contributed by atoms with van der Waals surface area (Å²) in [6, 6.07) is 0. The van der Waals surface area contributed by atoms with E-state index < -0.39 is 6.10 Å². The van der Waals surface area contributed by atoms with Crippen molar-refractivity contribution in [3.63, 3.8) is 0 Å². The zero-order chi connectivity index (χ0) is 9.84. The highest BCUT2D eigenvalue weighted by Gasteiger charge is 2.24. The first-order valence-corrected chi connectivity index (χ1v) is 4.16. The number of hydrogen-bond donors (Lipinski definition) is 0. The van der Waals surface area contributed by atoms with Gasteiger partial charge in [-0.25, -0.2) is 0 Å². The smallest absolute Gasteiger partial charge is 0.303 e. The van der Waals surface area contributed by atoms with Crippen molar-refractivity contribution in [3.05, 3.63) is 23.8 Å². The van der Waals surface area contributed by atoms with Crippen LogP contribution in [0.2, 0.25) is 0 Å². The van der Waals surface area contributed by atoms with Gasteiger partial charge in [0.2, 0.25) is 0 Å². The summed E-state index contributed by atoms with van der Waals surface area (Å²) in [4.78, 5) is 21.3. The van der Waals surface area contributed by atoms with Gasteiger partial charge in [-0.05, 0) is 0 Å². The molecule has 0 amide bonds. The third kappa shape index (κ3) is 2.28. The number of esters is 1. The predicted octanol–water partition coefficient (Wildman–Crippen LogP) is 1.25. The van der Waals surface area contributed by atoms with Crippen LogP contribution < -0.4 is 0 Å². The Bertz CT molecular complexity index is 276. The van der Waals surface area contributed by atoms with Crippen molar-refractivity contribution in [2.45, 2.75) is 20.0 Å². The van der Waals surface area contributed by atoms with E-state index in [1.165, 1.54) is 6.92 Å². The van der Waals surface area contributed by atoms with Crippen LogP contribution in [0.3, 0.4) is 0 Å². The minimum Gasteiger partial charge on any atom is -0.457 e. The lowest BCUT2D eigenvalue weighted by Crippen LogP contribution is -2.27. The topological polar surface area (TPSA) is 43.4 Å². The molecule has 1 aliphatic rings. The second-order valence-electron chi connectivity index (χ2n) is 3.06. The van der Waals surface area contributed by atoms with Crippen LogP contribution in [-0.2, 0) is 14.3 Å². The molecule has 0 saturated heterocycles. The highest BCUT2D eigenvalue weighted by Crippen LogP contribution is 2.20. The van der Waals surface area contributed by atoms with Crippen LogP contribution in [0.4, 0.5) is 0 Å². The molecule has 0 aromatic carbocycles. The van der Waals surface area contributed by atoms with Crippen molar-refractivity contribution < 1.29 is 14.3 Å². The SMILES string of the molecule is CC(=O)OC1C(C=O)=CC=CC1C. The molecule has 0 aliphatic heterocycles. The van der Waals surface area contributed by atoms with E-state index in [9.17, 15) is 9.59 Å². The van der Waals surface area contributed by atoms with Crippen molar-refractivity contribution in [2.24, 2.45) is 5.92 Å². The summed E-state index contributed by atoms with van der Waals surface area (Å²) in [6.07, 6.45) is 5.68. The molecule has 0 radical (unpaired) electrons. The maximum Gasteiger partial charge on any atom is 0.303 e. The van der Waals surface area contributed by atoms with E-state index in [1.807, 2.05) is 13.0 Å². The number of rotatable bonds is 2. The Balaban J connectivity index is 2.79. The molecule has 2 atom stereocenters. The van der Waals surface area contributed by atoms with Gasteiger partial charge in [0.05, 0.1) is 0 Å². The second-order valence-corrected chi connectivity index (χ2v) is 3.06. The van der Waals surface area contributed by atoms with Gasteiger partial charge in [-0.1, -0.05) is 25.2 Å². The van der Waals surface area contributed by atoms with Crippen molar-refractivity contribution in [1.82, 2.24) is 0 Å². The molecular formula is C10H12O3. The molecule has 0 aromatic rings. The minimum atomic E-state index is -0.417. The third-order valence-electron chi connectivity index (χ3n) is 1.94. The first-order chi connectivity index (χ1) is 6.15. The van der Waals surface area contributed by atoms with Gasteiger partial charge in [-0.15, -0.1) is 0 Å².